The van der Waals surface area contributed by atoms with Gasteiger partial charge in [0.05, 0.1) is 24.5 Å². The lowest BCUT2D eigenvalue weighted by Gasteiger charge is -2.26. The summed E-state index contributed by atoms with van der Waals surface area (Å²) in [6.45, 7) is 7.02. The molecule has 4 heterocycles. The van der Waals surface area contributed by atoms with Crippen molar-refractivity contribution < 1.29 is 13.9 Å². The molecule has 162 valence electrons. The van der Waals surface area contributed by atoms with Gasteiger partial charge < -0.3 is 19.0 Å². The fraction of sp³-hybridized carbons (Fsp3) is 0.440. The van der Waals surface area contributed by atoms with Crippen LogP contribution >= 0.6 is 0 Å². The van der Waals surface area contributed by atoms with Crippen LogP contribution in [0.2, 0.25) is 0 Å². The van der Waals surface area contributed by atoms with Gasteiger partial charge in [0.25, 0.3) is 5.91 Å². The topological polar surface area (TPSA) is 58.8 Å². The van der Waals surface area contributed by atoms with Gasteiger partial charge in [-0.25, -0.2) is 0 Å². The fourth-order valence-electron chi connectivity index (χ4n) is 4.60. The van der Waals surface area contributed by atoms with Crippen LogP contribution in [0.15, 0.2) is 47.0 Å². The number of nitrogens with zero attached hydrogens (tertiary/aromatic N) is 3. The number of benzene rings is 1. The molecule has 2 aliphatic heterocycles. The number of ether oxygens (including phenoxy) is 1. The molecular weight excluding hydrogens is 390 g/mol. The van der Waals surface area contributed by atoms with Crippen molar-refractivity contribution in [3.63, 3.8) is 0 Å². The van der Waals surface area contributed by atoms with Gasteiger partial charge >= 0.3 is 0 Å². The normalized spacial score (nSPS) is 19.9. The van der Waals surface area contributed by atoms with Crippen LogP contribution in [0.5, 0.6) is 0 Å². The van der Waals surface area contributed by atoms with Crippen molar-refractivity contribution in [3.05, 3.63) is 53.9 Å². The van der Waals surface area contributed by atoms with Gasteiger partial charge in [0.2, 0.25) is 0 Å². The maximum absolute atomic E-state index is 12.6. The maximum Gasteiger partial charge on any atom is 0.255 e. The number of pyridine rings is 1. The van der Waals surface area contributed by atoms with E-state index in [1.807, 2.05) is 29.2 Å². The summed E-state index contributed by atoms with van der Waals surface area (Å²) >= 11 is 0. The number of amides is 1. The molecule has 1 amide bonds. The molecule has 2 aliphatic rings. The Morgan fingerprint density at radius 3 is 2.74 bits per heavy atom. The van der Waals surface area contributed by atoms with Crippen LogP contribution in [-0.2, 0) is 11.2 Å². The minimum Gasteiger partial charge on any atom is -0.461 e. The Morgan fingerprint density at radius 1 is 1.13 bits per heavy atom. The van der Waals surface area contributed by atoms with Crippen molar-refractivity contribution in [2.75, 3.05) is 39.4 Å². The summed E-state index contributed by atoms with van der Waals surface area (Å²) in [5.74, 6) is 1.05. The Kier molecular flexibility index (Phi) is 5.74. The second-order valence-corrected chi connectivity index (χ2v) is 8.58. The second kappa shape index (κ2) is 8.81. The van der Waals surface area contributed by atoms with E-state index >= 15 is 0 Å². The summed E-state index contributed by atoms with van der Waals surface area (Å²) in [6, 6.07) is 12.8. The van der Waals surface area contributed by atoms with E-state index in [9.17, 15) is 4.79 Å². The molecule has 0 spiro atoms. The summed E-state index contributed by atoms with van der Waals surface area (Å²) in [5.41, 5.74) is 3.41. The smallest absolute Gasteiger partial charge is 0.255 e. The average molecular weight is 420 g/mol. The van der Waals surface area contributed by atoms with Crippen molar-refractivity contribution in [1.29, 1.82) is 0 Å². The van der Waals surface area contributed by atoms with Crippen LogP contribution in [0, 0.1) is 0 Å². The first-order valence-electron chi connectivity index (χ1n) is 11.3. The second-order valence-electron chi connectivity index (χ2n) is 8.58. The molecule has 0 N–H and O–H groups in total. The van der Waals surface area contributed by atoms with Gasteiger partial charge in [0.15, 0.2) is 0 Å². The SMILES string of the molecule is C[C@H]1CCCN1CCc1cc2cc(-c3ccc(C(=O)N4CCOCC4)cn3)ccc2o1. The Balaban J connectivity index is 1.29. The van der Waals surface area contributed by atoms with Crippen molar-refractivity contribution in [3.8, 4) is 11.3 Å². The first-order valence-corrected chi connectivity index (χ1v) is 11.3. The third-order valence-corrected chi connectivity index (χ3v) is 6.51. The van der Waals surface area contributed by atoms with E-state index in [-0.39, 0.29) is 5.91 Å². The van der Waals surface area contributed by atoms with Gasteiger partial charge in [0, 0.05) is 49.2 Å². The van der Waals surface area contributed by atoms with E-state index < -0.39 is 0 Å². The van der Waals surface area contributed by atoms with Crippen LogP contribution < -0.4 is 0 Å². The van der Waals surface area contributed by atoms with Gasteiger partial charge in [0.1, 0.15) is 11.3 Å². The number of fused-ring (bicyclic) bond motifs is 1. The van der Waals surface area contributed by atoms with Gasteiger partial charge in [-0.15, -0.1) is 0 Å². The lowest BCUT2D eigenvalue weighted by molar-refractivity contribution is 0.0302. The van der Waals surface area contributed by atoms with E-state index in [2.05, 4.69) is 28.9 Å². The van der Waals surface area contributed by atoms with E-state index in [1.165, 1.54) is 19.4 Å². The number of furan rings is 1. The van der Waals surface area contributed by atoms with Gasteiger partial charge in [-0.05, 0) is 62.7 Å². The molecule has 31 heavy (non-hydrogen) atoms. The average Bonchev–Trinajstić information content (AvgIpc) is 3.42. The summed E-state index contributed by atoms with van der Waals surface area (Å²) in [4.78, 5) is 21.5. The van der Waals surface area contributed by atoms with E-state index in [0.717, 1.165) is 41.0 Å². The molecule has 1 aromatic carbocycles. The third kappa shape index (κ3) is 4.36. The highest BCUT2D eigenvalue weighted by molar-refractivity contribution is 5.94. The van der Waals surface area contributed by atoms with Crippen molar-refractivity contribution in [1.82, 2.24) is 14.8 Å². The fourth-order valence-corrected chi connectivity index (χ4v) is 4.60. The van der Waals surface area contributed by atoms with E-state index in [1.54, 1.807) is 6.20 Å². The summed E-state index contributed by atoms with van der Waals surface area (Å²) in [5, 5.41) is 1.09. The first kappa shape index (κ1) is 20.2. The van der Waals surface area contributed by atoms with Crippen LogP contribution in [0.4, 0.5) is 0 Å². The molecule has 0 bridgehead atoms. The van der Waals surface area contributed by atoms with Crippen LogP contribution in [0.3, 0.4) is 0 Å². The zero-order valence-electron chi connectivity index (χ0n) is 18.0. The molecule has 6 nitrogen and oxygen atoms in total. The molecule has 6 heteroatoms. The van der Waals surface area contributed by atoms with Crippen molar-refractivity contribution >= 4 is 16.9 Å². The number of carbonyl (C=O) groups is 1. The standard InChI is InChI=1S/C25H29N3O3/c1-18-3-2-9-27(18)10-8-22-16-21-15-19(5-7-24(21)31-22)23-6-4-20(17-26-23)25(29)28-11-13-30-14-12-28/h4-7,15-18H,2-3,8-14H2,1H3/t18-/m0/s1. The summed E-state index contributed by atoms with van der Waals surface area (Å²) < 4.78 is 11.4. The number of hydrogen-bond donors (Lipinski definition) is 0. The van der Waals surface area contributed by atoms with Crippen molar-refractivity contribution in [2.24, 2.45) is 0 Å². The molecule has 0 radical (unpaired) electrons. The van der Waals surface area contributed by atoms with Crippen LogP contribution in [0.25, 0.3) is 22.2 Å². The van der Waals surface area contributed by atoms with Crippen LogP contribution in [-0.4, -0.2) is 66.1 Å². The first-order chi connectivity index (χ1) is 15.2. The lowest BCUT2D eigenvalue weighted by Crippen LogP contribution is -2.40. The quantitative estimate of drug-likeness (QED) is 0.626. The molecule has 2 fully saturated rings. The highest BCUT2D eigenvalue weighted by Crippen LogP contribution is 2.27. The number of carbonyl (C=O) groups excluding carboxylic acids is 1. The van der Waals surface area contributed by atoms with E-state index in [4.69, 9.17) is 9.15 Å². The van der Waals surface area contributed by atoms with Gasteiger partial charge in [-0.3, -0.25) is 9.78 Å². The Morgan fingerprint density at radius 2 is 2.00 bits per heavy atom. The molecule has 0 saturated carbocycles. The molecule has 2 aromatic heterocycles. The zero-order valence-corrected chi connectivity index (χ0v) is 18.0. The Hall–Kier alpha value is -2.70. The maximum atomic E-state index is 12.6. The predicted octanol–water partition coefficient (Wildman–Crippen LogP) is 3.99. The molecular formula is C25H29N3O3. The molecule has 1 atom stereocenters. The lowest BCUT2D eigenvalue weighted by atomic mass is 10.1. The number of rotatable bonds is 5. The molecule has 0 aliphatic carbocycles. The van der Waals surface area contributed by atoms with Crippen LogP contribution in [0.1, 0.15) is 35.9 Å². The summed E-state index contributed by atoms with van der Waals surface area (Å²) in [7, 11) is 0. The Labute approximate surface area is 182 Å². The largest absolute Gasteiger partial charge is 0.461 e. The number of hydrogen-bond acceptors (Lipinski definition) is 5. The predicted molar refractivity (Wildman–Crippen MR) is 120 cm³/mol. The minimum atomic E-state index is 0.0181. The number of morpholine rings is 1. The highest BCUT2D eigenvalue weighted by Gasteiger charge is 2.20. The molecule has 0 unspecified atom stereocenters. The van der Waals surface area contributed by atoms with Crippen molar-refractivity contribution in [2.45, 2.75) is 32.2 Å². The third-order valence-electron chi connectivity index (χ3n) is 6.51. The molecule has 2 saturated heterocycles. The number of likely N-dealkylation sites (tertiary alicyclic amines) is 1. The minimum absolute atomic E-state index is 0.0181. The zero-order chi connectivity index (χ0) is 21.2. The molecule has 5 rings (SSSR count). The molecule has 3 aromatic rings. The summed E-state index contributed by atoms with van der Waals surface area (Å²) in [6.07, 6.45) is 5.21. The number of aromatic nitrogens is 1. The Bertz CT molecular complexity index is 1050. The highest BCUT2D eigenvalue weighted by atomic mass is 16.5. The van der Waals surface area contributed by atoms with Gasteiger partial charge in [-0.1, -0.05) is 0 Å². The van der Waals surface area contributed by atoms with Gasteiger partial charge in [-0.2, -0.15) is 0 Å². The monoisotopic (exact) mass is 419 g/mol. The van der Waals surface area contributed by atoms with E-state index in [0.29, 0.717) is 37.9 Å².